The van der Waals surface area contributed by atoms with Crippen LogP contribution in [0.5, 0.6) is 5.75 Å². The first-order chi connectivity index (χ1) is 14.8. The summed E-state index contributed by atoms with van der Waals surface area (Å²) in [6, 6.07) is 8.90. The summed E-state index contributed by atoms with van der Waals surface area (Å²) in [5.41, 5.74) is 1.51. The molecule has 1 nitrogen and oxygen atoms in total. The van der Waals surface area contributed by atoms with Crippen LogP contribution in [0.1, 0.15) is 102 Å². The largest absolute Gasteiger partial charge is 0.494 e. The Morgan fingerprint density at radius 2 is 1.43 bits per heavy atom. The second-order valence-electron chi connectivity index (χ2n) is 9.78. The molecule has 0 spiro atoms. The maximum atomic E-state index is 12.2. The quantitative estimate of drug-likeness (QED) is 0.329. The van der Waals surface area contributed by atoms with Gasteiger partial charge in [-0.15, -0.1) is 0 Å². The van der Waals surface area contributed by atoms with E-state index in [2.05, 4.69) is 37.3 Å². The Bertz CT molecular complexity index is 592. The summed E-state index contributed by atoms with van der Waals surface area (Å²) in [6.45, 7) is 2.74. The van der Waals surface area contributed by atoms with Crippen molar-refractivity contribution >= 4 is 0 Å². The zero-order valence-electron chi connectivity index (χ0n) is 19.2. The average molecular weight is 415 g/mol. The first-order valence-electron chi connectivity index (χ1n) is 12.7. The lowest BCUT2D eigenvalue weighted by atomic mass is 9.74. The van der Waals surface area contributed by atoms with E-state index in [1.54, 1.807) is 0 Å². The molecule has 2 fully saturated rings. The standard InChI is InChI=1S/C28H43FO/c1-2-22-30-28-19-17-27(18-20-28)26-15-13-25(14-16-26)12-11-24-9-7-23(8-10-24)6-4-3-5-21-29/h3-4,17-20,23-26H,2,5-16,21-22H2,1H3. The molecule has 0 N–H and O–H groups in total. The van der Waals surface area contributed by atoms with Crippen molar-refractivity contribution in [2.45, 2.75) is 96.3 Å². The van der Waals surface area contributed by atoms with Crippen molar-refractivity contribution in [1.82, 2.24) is 0 Å². The van der Waals surface area contributed by atoms with Crippen molar-refractivity contribution in [2.75, 3.05) is 13.3 Å². The highest BCUT2D eigenvalue weighted by Crippen LogP contribution is 2.40. The fourth-order valence-corrected chi connectivity index (χ4v) is 5.54. The van der Waals surface area contributed by atoms with Gasteiger partial charge in [0, 0.05) is 0 Å². The number of halogens is 1. The number of hydrogen-bond donors (Lipinski definition) is 0. The fourth-order valence-electron chi connectivity index (χ4n) is 5.54. The molecule has 0 unspecified atom stereocenters. The summed E-state index contributed by atoms with van der Waals surface area (Å²) in [4.78, 5) is 0. The number of allylic oxidation sites excluding steroid dienone is 2. The maximum Gasteiger partial charge on any atom is 0.119 e. The number of benzene rings is 1. The minimum absolute atomic E-state index is 0.217. The molecule has 0 amide bonds. The average Bonchev–Trinajstić information content (AvgIpc) is 2.81. The number of ether oxygens (including phenoxy) is 1. The third kappa shape index (κ3) is 7.75. The third-order valence-electron chi connectivity index (χ3n) is 7.53. The molecular weight excluding hydrogens is 371 g/mol. The van der Waals surface area contributed by atoms with Crippen LogP contribution >= 0.6 is 0 Å². The van der Waals surface area contributed by atoms with Gasteiger partial charge >= 0.3 is 0 Å². The van der Waals surface area contributed by atoms with E-state index in [4.69, 9.17) is 4.74 Å². The summed E-state index contributed by atoms with van der Waals surface area (Å²) < 4.78 is 17.9. The van der Waals surface area contributed by atoms with Crippen molar-refractivity contribution in [2.24, 2.45) is 17.8 Å². The lowest BCUT2D eigenvalue weighted by Gasteiger charge is -2.32. The second kappa shape index (κ2) is 13.2. The first kappa shape index (κ1) is 23.4. The van der Waals surface area contributed by atoms with E-state index in [-0.39, 0.29) is 6.67 Å². The molecule has 2 saturated carbocycles. The van der Waals surface area contributed by atoms with Crippen LogP contribution < -0.4 is 4.74 Å². The Labute approximate surface area is 184 Å². The molecule has 2 heteroatoms. The molecule has 2 aliphatic rings. The highest BCUT2D eigenvalue weighted by molar-refractivity contribution is 5.29. The molecule has 0 bridgehead atoms. The van der Waals surface area contributed by atoms with Crippen LogP contribution in [0, 0.1) is 17.8 Å². The van der Waals surface area contributed by atoms with Gasteiger partial charge in [0.2, 0.25) is 0 Å². The van der Waals surface area contributed by atoms with Gasteiger partial charge in [0.05, 0.1) is 13.3 Å². The Morgan fingerprint density at radius 3 is 2.03 bits per heavy atom. The van der Waals surface area contributed by atoms with Crippen LogP contribution in [-0.4, -0.2) is 13.3 Å². The lowest BCUT2D eigenvalue weighted by Crippen LogP contribution is -2.17. The minimum Gasteiger partial charge on any atom is -0.494 e. The molecule has 30 heavy (non-hydrogen) atoms. The van der Waals surface area contributed by atoms with Crippen LogP contribution in [0.2, 0.25) is 0 Å². The molecule has 3 rings (SSSR count). The molecule has 0 atom stereocenters. The van der Waals surface area contributed by atoms with Gasteiger partial charge in [-0.05, 0) is 99.2 Å². The van der Waals surface area contributed by atoms with Crippen molar-refractivity contribution in [3.63, 3.8) is 0 Å². The Morgan fingerprint density at radius 1 is 0.833 bits per heavy atom. The SMILES string of the molecule is CCCOc1ccc(C2CCC(CCC3CCC(CC=CCCF)CC3)CC2)cc1. The molecule has 0 aliphatic heterocycles. The van der Waals surface area contributed by atoms with Crippen LogP contribution in [0.25, 0.3) is 0 Å². The van der Waals surface area contributed by atoms with Gasteiger partial charge in [-0.3, -0.25) is 4.39 Å². The van der Waals surface area contributed by atoms with Gasteiger partial charge in [0.1, 0.15) is 5.75 Å². The normalized spacial score (nSPS) is 27.4. The molecule has 0 aromatic heterocycles. The van der Waals surface area contributed by atoms with Crippen molar-refractivity contribution in [3.05, 3.63) is 42.0 Å². The smallest absolute Gasteiger partial charge is 0.119 e. The molecule has 2 aliphatic carbocycles. The molecule has 0 heterocycles. The van der Waals surface area contributed by atoms with Crippen LogP contribution in [0.4, 0.5) is 4.39 Å². The molecule has 0 radical (unpaired) electrons. The molecule has 1 aromatic carbocycles. The summed E-state index contributed by atoms with van der Waals surface area (Å²) in [5, 5.41) is 0. The van der Waals surface area contributed by atoms with E-state index in [9.17, 15) is 4.39 Å². The highest BCUT2D eigenvalue weighted by atomic mass is 19.1. The van der Waals surface area contributed by atoms with Crippen molar-refractivity contribution < 1.29 is 9.13 Å². The summed E-state index contributed by atoms with van der Waals surface area (Å²) in [5.74, 6) is 4.53. The van der Waals surface area contributed by atoms with Gasteiger partial charge in [0.25, 0.3) is 0 Å². The topological polar surface area (TPSA) is 9.23 Å². The third-order valence-corrected chi connectivity index (χ3v) is 7.53. The van der Waals surface area contributed by atoms with Crippen molar-refractivity contribution in [3.8, 4) is 5.75 Å². The summed E-state index contributed by atoms with van der Waals surface area (Å²) in [6.07, 6.45) is 21.1. The first-order valence-corrected chi connectivity index (χ1v) is 12.7. The van der Waals surface area contributed by atoms with Gasteiger partial charge in [-0.25, -0.2) is 0 Å². The Hall–Kier alpha value is -1.31. The van der Waals surface area contributed by atoms with Gasteiger partial charge in [-0.1, -0.05) is 56.9 Å². The van der Waals surface area contributed by atoms with E-state index in [1.165, 1.54) is 76.2 Å². The Kier molecular flexibility index (Phi) is 10.3. The van der Waals surface area contributed by atoms with Crippen LogP contribution in [0.15, 0.2) is 36.4 Å². The molecule has 0 saturated heterocycles. The van der Waals surface area contributed by atoms with E-state index >= 15 is 0 Å². The molecular formula is C28H43FO. The van der Waals surface area contributed by atoms with Gasteiger partial charge in [-0.2, -0.15) is 0 Å². The highest BCUT2D eigenvalue weighted by Gasteiger charge is 2.25. The van der Waals surface area contributed by atoms with E-state index in [1.807, 2.05) is 6.08 Å². The molecule has 168 valence electrons. The predicted octanol–water partition coefficient (Wildman–Crippen LogP) is 8.64. The minimum atomic E-state index is -0.217. The lowest BCUT2D eigenvalue weighted by molar-refractivity contribution is 0.231. The van der Waals surface area contributed by atoms with Gasteiger partial charge in [0.15, 0.2) is 0 Å². The monoisotopic (exact) mass is 414 g/mol. The van der Waals surface area contributed by atoms with Crippen LogP contribution in [-0.2, 0) is 0 Å². The number of rotatable bonds is 11. The van der Waals surface area contributed by atoms with E-state index < -0.39 is 0 Å². The predicted molar refractivity (Wildman–Crippen MR) is 126 cm³/mol. The summed E-state index contributed by atoms with van der Waals surface area (Å²) >= 11 is 0. The van der Waals surface area contributed by atoms with E-state index in [0.717, 1.165) is 42.4 Å². The Balaban J connectivity index is 1.30. The fraction of sp³-hybridized carbons (Fsp3) is 0.714. The summed E-state index contributed by atoms with van der Waals surface area (Å²) in [7, 11) is 0. The maximum absolute atomic E-state index is 12.2. The molecule has 1 aromatic rings. The zero-order chi connectivity index (χ0) is 21.0. The van der Waals surface area contributed by atoms with E-state index in [0.29, 0.717) is 6.42 Å². The second-order valence-corrected chi connectivity index (χ2v) is 9.78. The number of alkyl halides is 1. The number of hydrogen-bond acceptors (Lipinski definition) is 1. The van der Waals surface area contributed by atoms with Crippen molar-refractivity contribution in [1.29, 1.82) is 0 Å². The van der Waals surface area contributed by atoms with Gasteiger partial charge < -0.3 is 4.74 Å². The van der Waals surface area contributed by atoms with Crippen LogP contribution in [0.3, 0.4) is 0 Å². The zero-order valence-corrected chi connectivity index (χ0v) is 19.2.